The molecule has 11 nitrogen and oxygen atoms in total. The monoisotopic (exact) mass is 677 g/mol. The van der Waals surface area contributed by atoms with Crippen LogP contribution in [0.2, 0.25) is 0 Å². The Morgan fingerprint density at radius 3 is 2.41 bits per heavy atom. The van der Waals surface area contributed by atoms with Crippen molar-refractivity contribution in [1.82, 2.24) is 24.8 Å². The topological polar surface area (TPSA) is 122 Å². The van der Waals surface area contributed by atoms with E-state index in [0.717, 1.165) is 23.3 Å². The van der Waals surface area contributed by atoms with Gasteiger partial charge < -0.3 is 25.0 Å². The van der Waals surface area contributed by atoms with E-state index in [-0.39, 0.29) is 29.7 Å². The third-order valence-corrected chi connectivity index (χ3v) is 7.61. The van der Waals surface area contributed by atoms with E-state index in [1.165, 1.54) is 12.4 Å². The summed E-state index contributed by atoms with van der Waals surface area (Å²) in [6.07, 6.45) is -0.359. The highest BCUT2D eigenvalue weighted by Gasteiger charge is 2.32. The van der Waals surface area contributed by atoms with Crippen LogP contribution in [0.5, 0.6) is 5.75 Å². The lowest BCUT2D eigenvalue weighted by Gasteiger charge is -2.35. The fourth-order valence-corrected chi connectivity index (χ4v) is 5.08. The normalized spacial score (nSPS) is 13.9. The highest BCUT2D eigenvalue weighted by molar-refractivity contribution is 6.05. The number of aromatic nitrogens is 3. The summed E-state index contributed by atoms with van der Waals surface area (Å²) in [5.74, 6) is -0.129. The minimum atomic E-state index is -4.66. The Morgan fingerprint density at radius 2 is 1.71 bits per heavy atom. The number of pyridine rings is 1. The summed E-state index contributed by atoms with van der Waals surface area (Å²) in [6, 6.07) is 13.5. The number of halogens is 3. The van der Waals surface area contributed by atoms with Gasteiger partial charge in [-0.05, 0) is 75.7 Å². The van der Waals surface area contributed by atoms with E-state index in [0.29, 0.717) is 49.9 Å². The Labute approximate surface area is 282 Å². The quantitative estimate of drug-likeness (QED) is 0.197. The number of carbonyl (C=O) groups is 2. The maximum absolute atomic E-state index is 13.8. The number of anilines is 3. The molecule has 1 saturated heterocycles. The number of piperazine rings is 1. The Bertz CT molecular complexity index is 1770. The Kier molecular flexibility index (Phi) is 10.7. The lowest BCUT2D eigenvalue weighted by Crippen LogP contribution is -2.50. The van der Waals surface area contributed by atoms with E-state index in [2.05, 4.69) is 30.5 Å². The summed E-state index contributed by atoms with van der Waals surface area (Å²) in [4.78, 5) is 42.0. The van der Waals surface area contributed by atoms with E-state index in [9.17, 15) is 22.8 Å². The summed E-state index contributed by atoms with van der Waals surface area (Å²) in [5.41, 5.74) is 1.39. The predicted octanol–water partition coefficient (Wildman–Crippen LogP) is 6.79. The lowest BCUT2D eigenvalue weighted by atomic mass is 10.1. The van der Waals surface area contributed by atoms with Crippen LogP contribution in [0.3, 0.4) is 0 Å². The summed E-state index contributed by atoms with van der Waals surface area (Å²) < 4.78 is 52.7. The summed E-state index contributed by atoms with van der Waals surface area (Å²) in [7, 11) is 0. The van der Waals surface area contributed by atoms with Crippen molar-refractivity contribution in [3.05, 3.63) is 90.0 Å². The van der Waals surface area contributed by atoms with Crippen molar-refractivity contribution >= 4 is 29.2 Å². The molecule has 1 aliphatic heterocycles. The molecule has 49 heavy (non-hydrogen) atoms. The molecule has 0 radical (unpaired) electrons. The van der Waals surface area contributed by atoms with Crippen LogP contribution in [0.1, 0.15) is 42.3 Å². The molecule has 2 N–H and O–H groups in total. The molecule has 1 fully saturated rings. The van der Waals surface area contributed by atoms with Crippen molar-refractivity contribution in [2.24, 2.45) is 0 Å². The van der Waals surface area contributed by atoms with Gasteiger partial charge >= 0.3 is 12.3 Å². The first-order valence-corrected chi connectivity index (χ1v) is 15.7. The third kappa shape index (κ3) is 9.66. The van der Waals surface area contributed by atoms with Gasteiger partial charge in [0.1, 0.15) is 30.1 Å². The van der Waals surface area contributed by atoms with Gasteiger partial charge in [-0.25, -0.2) is 19.7 Å². The summed E-state index contributed by atoms with van der Waals surface area (Å²) in [6.45, 7) is 9.91. The lowest BCUT2D eigenvalue weighted by molar-refractivity contribution is -0.137. The molecule has 4 aromatic rings. The molecule has 0 bridgehead atoms. The molecule has 2 aromatic carbocycles. The highest BCUT2D eigenvalue weighted by Crippen LogP contribution is 2.35. The largest absolute Gasteiger partial charge is 0.492 e. The molecule has 14 heteroatoms. The van der Waals surface area contributed by atoms with Gasteiger partial charge in [-0.2, -0.15) is 13.2 Å². The van der Waals surface area contributed by atoms with Crippen molar-refractivity contribution in [3.63, 3.8) is 0 Å². The minimum absolute atomic E-state index is 0.0313. The van der Waals surface area contributed by atoms with Gasteiger partial charge in [0.2, 0.25) is 0 Å². The van der Waals surface area contributed by atoms with Crippen LogP contribution in [-0.2, 0) is 10.9 Å². The number of nitrogens with zero attached hydrogens (tertiary/aromatic N) is 5. The number of hydrogen-bond donors (Lipinski definition) is 2. The number of carbonyl (C=O) groups excluding carboxylic acids is 2. The van der Waals surface area contributed by atoms with Crippen molar-refractivity contribution < 1.29 is 32.2 Å². The summed E-state index contributed by atoms with van der Waals surface area (Å²) >= 11 is 0. The second-order valence-corrected chi connectivity index (χ2v) is 12.5. The molecule has 258 valence electrons. The van der Waals surface area contributed by atoms with Gasteiger partial charge in [0, 0.05) is 73.7 Å². The van der Waals surface area contributed by atoms with Gasteiger partial charge in [-0.3, -0.25) is 9.69 Å². The number of rotatable bonds is 9. The van der Waals surface area contributed by atoms with E-state index in [1.54, 1.807) is 47.6 Å². The van der Waals surface area contributed by atoms with Gasteiger partial charge in [0.05, 0.1) is 11.3 Å². The standard InChI is InChI=1S/C35H38F3N7O4/c1-23-7-8-24(18-30(23)43-31-28(6-5-10-40-31)29-9-11-39-22-41-29)32(46)42-26-19-25(35(36,37)38)20-27(21-26)48-17-16-44-12-14-45(15-13-44)33(47)49-34(2,3)4/h5-11,18-22H,12-17H2,1-4H3,(H,40,43)(H,42,46). The number of ether oxygens (including phenoxy) is 2. The molecule has 0 aliphatic carbocycles. The number of amides is 2. The fraction of sp³-hybridized carbons (Fsp3) is 0.343. The third-order valence-electron chi connectivity index (χ3n) is 7.61. The number of benzene rings is 2. The maximum Gasteiger partial charge on any atom is 0.416 e. The van der Waals surface area contributed by atoms with Crippen LogP contribution < -0.4 is 15.4 Å². The first-order chi connectivity index (χ1) is 23.2. The van der Waals surface area contributed by atoms with E-state index in [1.807, 2.05) is 33.8 Å². The highest BCUT2D eigenvalue weighted by atomic mass is 19.4. The van der Waals surface area contributed by atoms with Crippen LogP contribution in [-0.4, -0.2) is 81.7 Å². The van der Waals surface area contributed by atoms with Crippen LogP contribution in [0, 0.1) is 6.92 Å². The molecule has 2 aromatic heterocycles. The molecular weight excluding hydrogens is 639 g/mol. The average Bonchev–Trinajstić information content (AvgIpc) is 3.05. The predicted molar refractivity (Wildman–Crippen MR) is 179 cm³/mol. The number of aryl methyl sites for hydroxylation is 1. The van der Waals surface area contributed by atoms with Gasteiger partial charge in [0.15, 0.2) is 0 Å². The van der Waals surface area contributed by atoms with Gasteiger partial charge in [-0.15, -0.1) is 0 Å². The van der Waals surface area contributed by atoms with Crippen LogP contribution >= 0.6 is 0 Å². The second-order valence-electron chi connectivity index (χ2n) is 12.5. The van der Waals surface area contributed by atoms with Crippen LogP contribution in [0.25, 0.3) is 11.3 Å². The van der Waals surface area contributed by atoms with Crippen molar-refractivity contribution in [2.45, 2.75) is 39.5 Å². The van der Waals surface area contributed by atoms with Gasteiger partial charge in [-0.1, -0.05) is 6.07 Å². The van der Waals surface area contributed by atoms with E-state index < -0.39 is 23.2 Å². The molecule has 1 aliphatic rings. The fourth-order valence-electron chi connectivity index (χ4n) is 5.08. The molecular formula is C35H38F3N7O4. The van der Waals surface area contributed by atoms with Crippen molar-refractivity contribution in [3.8, 4) is 17.0 Å². The molecule has 3 heterocycles. The SMILES string of the molecule is Cc1ccc(C(=O)Nc2cc(OCCN3CCN(C(=O)OC(C)(C)C)CC3)cc(C(F)(F)F)c2)cc1Nc1ncccc1-c1ccncn1. The van der Waals surface area contributed by atoms with Crippen molar-refractivity contribution in [1.29, 1.82) is 0 Å². The Hall–Kier alpha value is -5.24. The molecule has 0 unspecified atom stereocenters. The second kappa shape index (κ2) is 14.9. The van der Waals surface area contributed by atoms with Crippen molar-refractivity contribution in [2.75, 3.05) is 50.0 Å². The Balaban J connectivity index is 1.24. The smallest absolute Gasteiger partial charge is 0.416 e. The molecule has 0 saturated carbocycles. The number of nitrogens with one attached hydrogen (secondary N) is 2. The van der Waals surface area contributed by atoms with E-state index >= 15 is 0 Å². The van der Waals surface area contributed by atoms with Gasteiger partial charge in [0.25, 0.3) is 5.91 Å². The Morgan fingerprint density at radius 1 is 0.939 bits per heavy atom. The zero-order valence-electron chi connectivity index (χ0n) is 27.7. The minimum Gasteiger partial charge on any atom is -0.492 e. The molecule has 2 amide bonds. The molecule has 0 atom stereocenters. The van der Waals surface area contributed by atoms with Crippen LogP contribution in [0.4, 0.5) is 35.2 Å². The van der Waals surface area contributed by atoms with Crippen LogP contribution in [0.15, 0.2) is 73.3 Å². The summed E-state index contributed by atoms with van der Waals surface area (Å²) in [5, 5.41) is 5.84. The van der Waals surface area contributed by atoms with E-state index in [4.69, 9.17) is 9.47 Å². The first kappa shape index (κ1) is 35.1. The average molecular weight is 678 g/mol. The molecule has 5 rings (SSSR count). The maximum atomic E-state index is 13.8. The zero-order valence-corrected chi connectivity index (χ0v) is 27.7. The number of hydrogen-bond acceptors (Lipinski definition) is 9. The zero-order chi connectivity index (χ0) is 35.2. The molecule has 0 spiro atoms. The number of alkyl halides is 3. The first-order valence-electron chi connectivity index (χ1n) is 15.7.